The van der Waals surface area contributed by atoms with E-state index in [1.807, 2.05) is 0 Å². The Hall–Kier alpha value is -1.61. The fraction of sp³-hybridized carbons (Fsp3) is 0.364. The van der Waals surface area contributed by atoms with E-state index in [9.17, 15) is 26.4 Å². The Balaban J connectivity index is 2.60. The zero-order valence-corrected chi connectivity index (χ0v) is 11.3. The second kappa shape index (κ2) is 6.23. The lowest BCUT2D eigenvalue weighted by Crippen LogP contribution is -2.34. The SMILES string of the molecule is CS(=O)(=O)NCCNC(=O)c1cccc(C(F)(F)F)c1. The number of carbonyl (C=O) groups is 1. The first kappa shape index (κ1) is 16.4. The minimum atomic E-state index is -4.52. The number of hydrogen-bond acceptors (Lipinski definition) is 3. The molecular weight excluding hydrogens is 297 g/mol. The van der Waals surface area contributed by atoms with Crippen LogP contribution in [0.1, 0.15) is 15.9 Å². The summed E-state index contributed by atoms with van der Waals surface area (Å²) in [4.78, 5) is 11.6. The van der Waals surface area contributed by atoms with Gasteiger partial charge in [0.25, 0.3) is 5.91 Å². The molecule has 9 heteroatoms. The van der Waals surface area contributed by atoms with Crippen molar-refractivity contribution >= 4 is 15.9 Å². The van der Waals surface area contributed by atoms with Crippen molar-refractivity contribution in [3.8, 4) is 0 Å². The predicted octanol–water partition coefficient (Wildman–Crippen LogP) is 0.984. The molecule has 1 amide bonds. The zero-order chi connectivity index (χ0) is 15.4. The minimum absolute atomic E-state index is 0.0256. The van der Waals surface area contributed by atoms with Gasteiger partial charge in [-0.1, -0.05) is 6.07 Å². The second-order valence-electron chi connectivity index (χ2n) is 4.00. The first-order valence-corrected chi connectivity index (χ1v) is 7.39. The Bertz CT molecular complexity index is 585. The monoisotopic (exact) mass is 310 g/mol. The van der Waals surface area contributed by atoms with Crippen molar-refractivity contribution in [2.45, 2.75) is 6.18 Å². The summed E-state index contributed by atoms with van der Waals surface area (Å²) in [6, 6.07) is 3.97. The molecule has 1 aromatic rings. The summed E-state index contributed by atoms with van der Waals surface area (Å²) >= 11 is 0. The second-order valence-corrected chi connectivity index (χ2v) is 5.83. The molecule has 112 valence electrons. The fourth-order valence-electron chi connectivity index (χ4n) is 1.35. The molecule has 1 rings (SSSR count). The van der Waals surface area contributed by atoms with Crippen molar-refractivity contribution < 1.29 is 26.4 Å². The summed E-state index contributed by atoms with van der Waals surface area (Å²) in [6.45, 7) is -0.0638. The molecule has 0 saturated carbocycles. The highest BCUT2D eigenvalue weighted by Gasteiger charge is 2.30. The third-order valence-electron chi connectivity index (χ3n) is 2.23. The average Bonchev–Trinajstić information content (AvgIpc) is 2.32. The molecule has 0 aliphatic heterocycles. The van der Waals surface area contributed by atoms with E-state index in [0.29, 0.717) is 0 Å². The normalized spacial score (nSPS) is 12.2. The van der Waals surface area contributed by atoms with Crippen molar-refractivity contribution in [2.24, 2.45) is 0 Å². The largest absolute Gasteiger partial charge is 0.416 e. The predicted molar refractivity (Wildman–Crippen MR) is 66.6 cm³/mol. The average molecular weight is 310 g/mol. The lowest BCUT2D eigenvalue weighted by Gasteiger charge is -2.09. The van der Waals surface area contributed by atoms with Crippen LogP contribution in [-0.4, -0.2) is 33.7 Å². The van der Waals surface area contributed by atoms with E-state index in [1.165, 1.54) is 6.07 Å². The number of sulfonamides is 1. The van der Waals surface area contributed by atoms with Crippen LogP contribution in [0.3, 0.4) is 0 Å². The molecule has 0 unspecified atom stereocenters. The van der Waals surface area contributed by atoms with E-state index in [0.717, 1.165) is 24.5 Å². The van der Waals surface area contributed by atoms with Crippen molar-refractivity contribution in [3.63, 3.8) is 0 Å². The third-order valence-corrected chi connectivity index (χ3v) is 2.96. The summed E-state index contributed by atoms with van der Waals surface area (Å²) in [5, 5.41) is 2.32. The number of halogens is 3. The number of alkyl halides is 3. The van der Waals surface area contributed by atoms with E-state index in [2.05, 4.69) is 10.0 Å². The lowest BCUT2D eigenvalue weighted by atomic mass is 10.1. The van der Waals surface area contributed by atoms with Gasteiger partial charge in [0.2, 0.25) is 10.0 Å². The summed E-state index contributed by atoms with van der Waals surface area (Å²) in [5.41, 5.74) is -1.06. The summed E-state index contributed by atoms with van der Waals surface area (Å²) in [5.74, 6) is -0.702. The molecule has 0 fully saturated rings. The highest BCUT2D eigenvalue weighted by molar-refractivity contribution is 7.88. The van der Waals surface area contributed by atoms with Crippen LogP contribution in [0.5, 0.6) is 0 Å². The van der Waals surface area contributed by atoms with E-state index in [1.54, 1.807) is 0 Å². The molecular formula is C11H13F3N2O3S. The number of amides is 1. The Morgan fingerprint density at radius 1 is 1.25 bits per heavy atom. The molecule has 0 aliphatic rings. The number of rotatable bonds is 5. The molecule has 0 aromatic heterocycles. The van der Waals surface area contributed by atoms with Gasteiger partial charge in [0.1, 0.15) is 0 Å². The van der Waals surface area contributed by atoms with E-state index in [-0.39, 0.29) is 18.7 Å². The van der Waals surface area contributed by atoms with Gasteiger partial charge < -0.3 is 5.32 Å². The van der Waals surface area contributed by atoms with Crippen LogP contribution in [0.15, 0.2) is 24.3 Å². The molecule has 0 heterocycles. The molecule has 5 nitrogen and oxygen atoms in total. The highest BCUT2D eigenvalue weighted by atomic mass is 32.2. The molecule has 1 aromatic carbocycles. The summed E-state index contributed by atoms with van der Waals surface area (Å²) in [7, 11) is -3.36. The summed E-state index contributed by atoms with van der Waals surface area (Å²) in [6.07, 6.45) is -3.56. The number of carbonyl (C=O) groups excluding carboxylic acids is 1. The first-order valence-electron chi connectivity index (χ1n) is 5.50. The Morgan fingerprint density at radius 3 is 2.45 bits per heavy atom. The van der Waals surface area contributed by atoms with Gasteiger partial charge in [-0.15, -0.1) is 0 Å². The smallest absolute Gasteiger partial charge is 0.351 e. The van der Waals surface area contributed by atoms with Crippen molar-refractivity contribution in [2.75, 3.05) is 19.3 Å². The van der Waals surface area contributed by atoms with Gasteiger partial charge in [0.15, 0.2) is 0 Å². The molecule has 0 saturated heterocycles. The molecule has 0 atom stereocenters. The molecule has 0 radical (unpaired) electrons. The van der Waals surface area contributed by atoms with E-state index >= 15 is 0 Å². The van der Waals surface area contributed by atoms with Gasteiger partial charge in [-0.05, 0) is 18.2 Å². The van der Waals surface area contributed by atoms with Crippen LogP contribution in [0.4, 0.5) is 13.2 Å². The maximum Gasteiger partial charge on any atom is 0.416 e. The van der Waals surface area contributed by atoms with Crippen molar-refractivity contribution in [1.82, 2.24) is 10.0 Å². The van der Waals surface area contributed by atoms with Gasteiger partial charge >= 0.3 is 6.18 Å². The van der Waals surface area contributed by atoms with Crippen molar-refractivity contribution in [3.05, 3.63) is 35.4 Å². The minimum Gasteiger partial charge on any atom is -0.351 e. The van der Waals surface area contributed by atoms with Gasteiger partial charge in [-0.2, -0.15) is 13.2 Å². The van der Waals surface area contributed by atoms with Gasteiger partial charge in [0, 0.05) is 18.7 Å². The maximum absolute atomic E-state index is 12.5. The molecule has 0 bridgehead atoms. The van der Waals surface area contributed by atoms with Crippen molar-refractivity contribution in [1.29, 1.82) is 0 Å². The van der Waals surface area contributed by atoms with Crippen LogP contribution in [-0.2, 0) is 16.2 Å². The van der Waals surface area contributed by atoms with Crippen LogP contribution in [0.2, 0.25) is 0 Å². The quantitative estimate of drug-likeness (QED) is 0.796. The molecule has 2 N–H and O–H groups in total. The highest BCUT2D eigenvalue weighted by Crippen LogP contribution is 2.29. The van der Waals surface area contributed by atoms with E-state index < -0.39 is 27.7 Å². The number of nitrogens with one attached hydrogen (secondary N) is 2. The Morgan fingerprint density at radius 2 is 1.90 bits per heavy atom. The van der Waals surface area contributed by atoms with Gasteiger partial charge in [-0.3, -0.25) is 4.79 Å². The Labute approximate surface area is 114 Å². The van der Waals surface area contributed by atoms with Gasteiger partial charge in [0.05, 0.1) is 11.8 Å². The topological polar surface area (TPSA) is 75.3 Å². The molecule has 20 heavy (non-hydrogen) atoms. The molecule has 0 aliphatic carbocycles. The van der Waals surface area contributed by atoms with Crippen LogP contribution >= 0.6 is 0 Å². The maximum atomic E-state index is 12.5. The van der Waals surface area contributed by atoms with Crippen LogP contribution in [0, 0.1) is 0 Å². The lowest BCUT2D eigenvalue weighted by molar-refractivity contribution is -0.137. The standard InChI is InChI=1S/C11H13F3N2O3S/c1-20(18,19)16-6-5-15-10(17)8-3-2-4-9(7-8)11(12,13)14/h2-4,7,16H,5-6H2,1H3,(H,15,17). The number of benzene rings is 1. The van der Waals surface area contributed by atoms with Crippen LogP contribution < -0.4 is 10.0 Å². The fourth-order valence-corrected chi connectivity index (χ4v) is 1.82. The zero-order valence-electron chi connectivity index (χ0n) is 10.5. The first-order chi connectivity index (χ1) is 9.09. The van der Waals surface area contributed by atoms with Crippen LogP contribution in [0.25, 0.3) is 0 Å². The number of hydrogen-bond donors (Lipinski definition) is 2. The third kappa shape index (κ3) is 5.57. The van der Waals surface area contributed by atoms with E-state index in [4.69, 9.17) is 0 Å². The Kier molecular flexibility index (Phi) is 5.12. The molecule has 0 spiro atoms. The van der Waals surface area contributed by atoms with Gasteiger partial charge in [-0.25, -0.2) is 13.1 Å². The summed E-state index contributed by atoms with van der Waals surface area (Å²) < 4.78 is 61.0.